The molecule has 0 aromatic rings. The molecule has 0 bridgehead atoms. The number of unbranched alkanes of at least 4 members (excludes halogenated alkanes) is 54. The van der Waals surface area contributed by atoms with Crippen LogP contribution in [-0.4, -0.2) is 47.4 Å². The molecule has 2 atom stereocenters. The summed E-state index contributed by atoms with van der Waals surface area (Å²) < 4.78 is 5.51. The smallest absolute Gasteiger partial charge is 0.305 e. The zero-order valence-electron chi connectivity index (χ0n) is 54.3. The standard InChI is InChI=1S/C74H143NO5/c1-3-5-7-9-11-13-15-17-19-21-31-34-38-42-46-50-54-58-62-66-72(77)71(70-76)75-73(78)67-63-59-55-51-47-43-39-35-32-29-27-25-23-24-26-28-30-33-37-41-45-49-53-57-61-65-69-80-74(79)68-64-60-56-52-48-44-40-36-22-20-18-16-14-12-10-8-6-4-2/h20,22-23,25,71-72,76-77H,3-19,21,24,26-70H2,1-2H3,(H,75,78)/b22-20-,25-23-. The molecular weight excluding hydrogens is 983 g/mol. The molecule has 80 heavy (non-hydrogen) atoms. The lowest BCUT2D eigenvalue weighted by Crippen LogP contribution is -2.45. The molecule has 6 heteroatoms. The average molecular weight is 1130 g/mol. The van der Waals surface area contributed by atoms with Crippen LogP contribution < -0.4 is 5.32 Å². The maximum absolute atomic E-state index is 12.5. The Labute approximate surface area is 501 Å². The summed E-state index contributed by atoms with van der Waals surface area (Å²) in [6.07, 6.45) is 88.0. The first-order valence-electron chi connectivity index (χ1n) is 36.6. The van der Waals surface area contributed by atoms with Gasteiger partial charge in [-0.05, 0) is 77.0 Å². The molecule has 2 unspecified atom stereocenters. The quantitative estimate of drug-likeness (QED) is 0.0320. The molecular formula is C74H143NO5. The van der Waals surface area contributed by atoms with Crippen molar-refractivity contribution >= 4 is 11.9 Å². The van der Waals surface area contributed by atoms with E-state index in [1.807, 2.05) is 0 Å². The van der Waals surface area contributed by atoms with E-state index in [9.17, 15) is 19.8 Å². The van der Waals surface area contributed by atoms with E-state index in [4.69, 9.17) is 4.74 Å². The van der Waals surface area contributed by atoms with E-state index in [0.717, 1.165) is 44.9 Å². The molecule has 0 aliphatic heterocycles. The zero-order chi connectivity index (χ0) is 57.8. The lowest BCUT2D eigenvalue weighted by atomic mass is 10.0. The monoisotopic (exact) mass is 1130 g/mol. The number of ether oxygens (including phenoxy) is 1. The minimum atomic E-state index is -0.666. The van der Waals surface area contributed by atoms with Crippen LogP contribution in [0.2, 0.25) is 0 Å². The van der Waals surface area contributed by atoms with Gasteiger partial charge in [-0.3, -0.25) is 9.59 Å². The summed E-state index contributed by atoms with van der Waals surface area (Å²) in [6.45, 7) is 4.99. The number of allylic oxidation sites excluding steroid dienone is 4. The Bertz CT molecular complexity index is 1250. The molecule has 0 aliphatic carbocycles. The number of rotatable bonds is 69. The predicted octanol–water partition coefficient (Wildman–Crippen LogP) is 23.7. The Morgan fingerprint density at radius 2 is 0.588 bits per heavy atom. The Kier molecular flexibility index (Phi) is 68.4. The summed E-state index contributed by atoms with van der Waals surface area (Å²) in [5, 5.41) is 23.4. The third kappa shape index (κ3) is 65.5. The van der Waals surface area contributed by atoms with Crippen molar-refractivity contribution in [3.05, 3.63) is 24.3 Å². The van der Waals surface area contributed by atoms with Gasteiger partial charge in [-0.2, -0.15) is 0 Å². The summed E-state index contributed by atoms with van der Waals surface area (Å²) in [6, 6.07) is -0.544. The van der Waals surface area contributed by atoms with Gasteiger partial charge in [-0.1, -0.05) is 346 Å². The Morgan fingerprint density at radius 1 is 0.338 bits per heavy atom. The molecule has 0 heterocycles. The van der Waals surface area contributed by atoms with E-state index in [-0.39, 0.29) is 18.5 Å². The maximum Gasteiger partial charge on any atom is 0.305 e. The second-order valence-corrected chi connectivity index (χ2v) is 25.3. The molecule has 0 rings (SSSR count). The van der Waals surface area contributed by atoms with Crippen molar-refractivity contribution < 1.29 is 24.5 Å². The van der Waals surface area contributed by atoms with Crippen molar-refractivity contribution in [3.63, 3.8) is 0 Å². The fraction of sp³-hybridized carbons (Fsp3) is 0.919. The minimum absolute atomic E-state index is 0.0124. The molecule has 6 nitrogen and oxygen atoms in total. The van der Waals surface area contributed by atoms with Gasteiger partial charge in [-0.15, -0.1) is 0 Å². The summed E-state index contributed by atoms with van der Waals surface area (Å²) in [5.41, 5.74) is 0. The van der Waals surface area contributed by atoms with E-state index in [1.54, 1.807) is 0 Å². The van der Waals surface area contributed by atoms with Crippen LogP contribution in [0.5, 0.6) is 0 Å². The number of hydrogen-bond donors (Lipinski definition) is 3. The van der Waals surface area contributed by atoms with Crippen LogP contribution in [0.25, 0.3) is 0 Å². The van der Waals surface area contributed by atoms with Gasteiger partial charge >= 0.3 is 5.97 Å². The van der Waals surface area contributed by atoms with Crippen molar-refractivity contribution in [1.29, 1.82) is 0 Å². The summed E-state index contributed by atoms with van der Waals surface area (Å²) in [7, 11) is 0. The number of aliphatic hydroxyl groups is 2. The molecule has 0 radical (unpaired) electrons. The second kappa shape index (κ2) is 69.8. The number of amides is 1. The highest BCUT2D eigenvalue weighted by atomic mass is 16.5. The van der Waals surface area contributed by atoms with Crippen LogP contribution >= 0.6 is 0 Å². The Balaban J connectivity index is 3.38. The molecule has 0 fully saturated rings. The predicted molar refractivity (Wildman–Crippen MR) is 352 cm³/mol. The Morgan fingerprint density at radius 3 is 0.887 bits per heavy atom. The van der Waals surface area contributed by atoms with Gasteiger partial charge in [0, 0.05) is 12.8 Å². The molecule has 0 spiro atoms. The average Bonchev–Trinajstić information content (AvgIpc) is 3.46. The summed E-state index contributed by atoms with van der Waals surface area (Å²) >= 11 is 0. The van der Waals surface area contributed by atoms with Gasteiger partial charge in [0.15, 0.2) is 0 Å². The van der Waals surface area contributed by atoms with E-state index in [2.05, 4.69) is 43.5 Å². The van der Waals surface area contributed by atoms with Gasteiger partial charge in [0.25, 0.3) is 0 Å². The topological polar surface area (TPSA) is 95.9 Å². The first-order chi connectivity index (χ1) is 39.5. The van der Waals surface area contributed by atoms with Gasteiger partial charge in [0.05, 0.1) is 25.4 Å². The fourth-order valence-corrected chi connectivity index (χ4v) is 11.6. The highest BCUT2D eigenvalue weighted by Crippen LogP contribution is 2.19. The third-order valence-corrected chi connectivity index (χ3v) is 17.2. The largest absolute Gasteiger partial charge is 0.466 e. The summed E-state index contributed by atoms with van der Waals surface area (Å²) in [4.78, 5) is 24.6. The van der Waals surface area contributed by atoms with Crippen LogP contribution in [0.15, 0.2) is 24.3 Å². The lowest BCUT2D eigenvalue weighted by molar-refractivity contribution is -0.143. The SMILES string of the molecule is CCCCCCCCC/C=C\CCCCCCCCCC(=O)OCCCCCCCCCCCCCC/C=C\CCCCCCCCCCCCC(=O)NC(CO)C(O)CCCCCCCCCCCCCCCCCCCCC. The van der Waals surface area contributed by atoms with E-state index in [0.29, 0.717) is 25.9 Å². The first-order valence-corrected chi connectivity index (χ1v) is 36.6. The van der Waals surface area contributed by atoms with Crippen molar-refractivity contribution in [2.75, 3.05) is 13.2 Å². The highest BCUT2D eigenvalue weighted by molar-refractivity contribution is 5.76. The Hall–Kier alpha value is -1.66. The molecule has 0 saturated carbocycles. The molecule has 0 aromatic carbocycles. The molecule has 0 saturated heterocycles. The van der Waals surface area contributed by atoms with Gasteiger partial charge < -0.3 is 20.3 Å². The highest BCUT2D eigenvalue weighted by Gasteiger charge is 2.20. The molecule has 3 N–H and O–H groups in total. The van der Waals surface area contributed by atoms with Crippen LogP contribution in [0.4, 0.5) is 0 Å². The van der Waals surface area contributed by atoms with Crippen LogP contribution in [0.3, 0.4) is 0 Å². The van der Waals surface area contributed by atoms with Crippen LogP contribution in [0.1, 0.15) is 412 Å². The van der Waals surface area contributed by atoms with Crippen molar-refractivity contribution in [2.24, 2.45) is 0 Å². The number of esters is 1. The molecule has 1 amide bonds. The van der Waals surface area contributed by atoms with E-state index in [1.165, 1.54) is 334 Å². The van der Waals surface area contributed by atoms with Crippen molar-refractivity contribution in [3.8, 4) is 0 Å². The first kappa shape index (κ1) is 78.3. The number of carbonyl (C=O) groups excluding carboxylic acids is 2. The van der Waals surface area contributed by atoms with Gasteiger partial charge in [0.1, 0.15) is 0 Å². The molecule has 474 valence electrons. The maximum atomic E-state index is 12.5. The van der Waals surface area contributed by atoms with Gasteiger partial charge in [-0.25, -0.2) is 0 Å². The summed E-state index contributed by atoms with van der Waals surface area (Å²) in [5.74, 6) is -0.0203. The zero-order valence-corrected chi connectivity index (χ0v) is 54.3. The van der Waals surface area contributed by atoms with E-state index < -0.39 is 12.1 Å². The lowest BCUT2D eigenvalue weighted by Gasteiger charge is -2.22. The third-order valence-electron chi connectivity index (χ3n) is 17.2. The number of hydrogen-bond acceptors (Lipinski definition) is 5. The number of nitrogens with one attached hydrogen (secondary N) is 1. The van der Waals surface area contributed by atoms with Crippen molar-refractivity contribution in [1.82, 2.24) is 5.32 Å². The molecule has 0 aliphatic rings. The molecule has 0 aromatic heterocycles. The van der Waals surface area contributed by atoms with E-state index >= 15 is 0 Å². The number of carbonyl (C=O) groups is 2. The van der Waals surface area contributed by atoms with Crippen LogP contribution in [0, 0.1) is 0 Å². The fourth-order valence-electron chi connectivity index (χ4n) is 11.6. The normalized spacial score (nSPS) is 12.6. The van der Waals surface area contributed by atoms with Gasteiger partial charge in [0.2, 0.25) is 5.91 Å². The number of aliphatic hydroxyl groups excluding tert-OH is 2. The minimum Gasteiger partial charge on any atom is -0.466 e. The van der Waals surface area contributed by atoms with Crippen LogP contribution in [-0.2, 0) is 14.3 Å². The van der Waals surface area contributed by atoms with Crippen molar-refractivity contribution in [2.45, 2.75) is 424 Å². The second-order valence-electron chi connectivity index (χ2n) is 25.3.